The highest BCUT2D eigenvalue weighted by Gasteiger charge is 2.00. The van der Waals surface area contributed by atoms with Crippen LogP contribution in [0.2, 0.25) is 0 Å². The molecule has 0 spiro atoms. The molecule has 3 nitrogen and oxygen atoms in total. The molecule has 0 bridgehead atoms. The first-order chi connectivity index (χ1) is 12.6. The normalized spacial score (nSPS) is 11.0. The number of rotatable bonds is 16. The number of ketones is 1. The average molecular weight is 363 g/mol. The summed E-state index contributed by atoms with van der Waals surface area (Å²) in [5, 5.41) is 18.9. The number of aryl methyl sites for hydroxylation is 1. The molecule has 0 aliphatic rings. The molecule has 0 saturated carbocycles. The molecule has 1 rings (SSSR count). The van der Waals surface area contributed by atoms with Gasteiger partial charge in [0.1, 0.15) is 17.3 Å². The smallest absolute Gasteiger partial charge is 0.129 e. The number of hydrogen-bond donors (Lipinski definition) is 2. The SMILES string of the molecule is CC(=O)CCCCCCCCCCCCCCCc1cc(O)cc(O)c1. The van der Waals surface area contributed by atoms with Crippen molar-refractivity contribution in [3.63, 3.8) is 0 Å². The van der Waals surface area contributed by atoms with Crippen LogP contribution < -0.4 is 0 Å². The number of Topliss-reactive ketones (excluding diaryl/α,β-unsaturated/α-hetero) is 1. The van der Waals surface area contributed by atoms with E-state index in [1.54, 1.807) is 19.1 Å². The summed E-state index contributed by atoms with van der Waals surface area (Å²) in [6.45, 7) is 1.68. The van der Waals surface area contributed by atoms with Crippen molar-refractivity contribution in [2.24, 2.45) is 0 Å². The van der Waals surface area contributed by atoms with Gasteiger partial charge in [-0.2, -0.15) is 0 Å². The summed E-state index contributed by atoms with van der Waals surface area (Å²) in [5.41, 5.74) is 1.02. The number of carbonyl (C=O) groups excluding carboxylic acids is 1. The van der Waals surface area contributed by atoms with Crippen molar-refractivity contribution in [2.75, 3.05) is 0 Å². The van der Waals surface area contributed by atoms with Crippen LogP contribution >= 0.6 is 0 Å². The molecule has 26 heavy (non-hydrogen) atoms. The molecule has 0 radical (unpaired) electrons. The summed E-state index contributed by atoms with van der Waals surface area (Å²) < 4.78 is 0. The third-order valence-electron chi connectivity index (χ3n) is 4.96. The van der Waals surface area contributed by atoms with Gasteiger partial charge in [0.2, 0.25) is 0 Å². The molecular weight excluding hydrogens is 324 g/mol. The third kappa shape index (κ3) is 12.8. The third-order valence-corrected chi connectivity index (χ3v) is 4.96. The molecule has 0 unspecified atom stereocenters. The first-order valence-electron chi connectivity index (χ1n) is 10.6. The summed E-state index contributed by atoms with van der Waals surface area (Å²) in [6.07, 6.45) is 18.2. The van der Waals surface area contributed by atoms with E-state index in [9.17, 15) is 15.0 Å². The summed E-state index contributed by atoms with van der Waals surface area (Å²) in [4.78, 5) is 10.8. The second-order valence-corrected chi connectivity index (χ2v) is 7.66. The number of phenolic OH excluding ortho intramolecular Hbond substituents is 2. The van der Waals surface area contributed by atoms with E-state index in [-0.39, 0.29) is 11.5 Å². The van der Waals surface area contributed by atoms with Crippen LogP contribution in [0, 0.1) is 0 Å². The van der Waals surface area contributed by atoms with Crippen molar-refractivity contribution in [1.29, 1.82) is 0 Å². The first kappa shape index (κ1) is 22.5. The van der Waals surface area contributed by atoms with Crippen LogP contribution in [0.5, 0.6) is 11.5 Å². The van der Waals surface area contributed by atoms with Gasteiger partial charge in [-0.1, -0.05) is 70.6 Å². The minimum Gasteiger partial charge on any atom is -0.508 e. The molecule has 1 aromatic carbocycles. The Balaban J connectivity index is 1.81. The van der Waals surface area contributed by atoms with Gasteiger partial charge in [0, 0.05) is 12.5 Å². The molecule has 0 aromatic heterocycles. The number of phenols is 2. The molecule has 1 aromatic rings. The van der Waals surface area contributed by atoms with Gasteiger partial charge < -0.3 is 15.0 Å². The van der Waals surface area contributed by atoms with Crippen molar-refractivity contribution >= 4 is 5.78 Å². The molecule has 3 heteroatoms. The molecule has 0 atom stereocenters. The van der Waals surface area contributed by atoms with Crippen LogP contribution in [0.25, 0.3) is 0 Å². The van der Waals surface area contributed by atoms with Gasteiger partial charge in [0.15, 0.2) is 0 Å². The maximum Gasteiger partial charge on any atom is 0.129 e. The lowest BCUT2D eigenvalue weighted by molar-refractivity contribution is -0.117. The number of aromatic hydroxyl groups is 2. The molecule has 0 aliphatic heterocycles. The zero-order valence-corrected chi connectivity index (χ0v) is 16.6. The Hall–Kier alpha value is -1.51. The molecule has 0 amide bonds. The summed E-state index contributed by atoms with van der Waals surface area (Å²) in [7, 11) is 0. The molecule has 0 fully saturated rings. The van der Waals surface area contributed by atoms with E-state index in [0.29, 0.717) is 5.78 Å². The molecule has 2 N–H and O–H groups in total. The minimum absolute atomic E-state index is 0.149. The fourth-order valence-corrected chi connectivity index (χ4v) is 3.45. The van der Waals surface area contributed by atoms with Crippen molar-refractivity contribution < 1.29 is 15.0 Å². The molecule has 0 heterocycles. The Morgan fingerprint density at radius 3 is 1.46 bits per heavy atom. The highest BCUT2D eigenvalue weighted by Crippen LogP contribution is 2.22. The second-order valence-electron chi connectivity index (χ2n) is 7.66. The zero-order chi connectivity index (χ0) is 19.0. The summed E-state index contributed by atoms with van der Waals surface area (Å²) >= 11 is 0. The van der Waals surface area contributed by atoms with Crippen LogP contribution in [0.4, 0.5) is 0 Å². The standard InChI is InChI=1S/C23H38O3/c1-20(24)15-13-11-9-7-5-3-2-4-6-8-10-12-14-16-21-17-22(25)19-23(26)18-21/h17-19,25-26H,2-16H2,1H3. The minimum atomic E-state index is 0.149. The van der Waals surface area contributed by atoms with Crippen LogP contribution in [0.3, 0.4) is 0 Å². The Kier molecular flexibility index (Phi) is 12.7. The zero-order valence-electron chi connectivity index (χ0n) is 16.6. The predicted octanol–water partition coefficient (Wildman–Crippen LogP) is 6.69. The van der Waals surface area contributed by atoms with Gasteiger partial charge in [0.05, 0.1) is 0 Å². The van der Waals surface area contributed by atoms with E-state index in [1.807, 2.05) is 0 Å². The molecule has 148 valence electrons. The van der Waals surface area contributed by atoms with Gasteiger partial charge in [-0.3, -0.25) is 0 Å². The van der Waals surface area contributed by atoms with Crippen molar-refractivity contribution in [2.45, 2.75) is 103 Å². The Labute approximate surface area is 159 Å². The maximum atomic E-state index is 10.8. The first-order valence-corrected chi connectivity index (χ1v) is 10.6. The monoisotopic (exact) mass is 362 g/mol. The van der Waals surface area contributed by atoms with Crippen molar-refractivity contribution in [3.8, 4) is 11.5 Å². The second kappa shape index (κ2) is 14.6. The lowest BCUT2D eigenvalue weighted by Gasteiger charge is -2.05. The van der Waals surface area contributed by atoms with E-state index in [4.69, 9.17) is 0 Å². The predicted molar refractivity (Wildman–Crippen MR) is 109 cm³/mol. The summed E-state index contributed by atoms with van der Waals surface area (Å²) in [5.74, 6) is 0.621. The van der Waals surface area contributed by atoms with Crippen molar-refractivity contribution in [1.82, 2.24) is 0 Å². The van der Waals surface area contributed by atoms with Crippen LogP contribution in [0.15, 0.2) is 18.2 Å². The Morgan fingerprint density at radius 1 is 0.654 bits per heavy atom. The van der Waals surface area contributed by atoms with E-state index >= 15 is 0 Å². The number of unbranched alkanes of at least 4 members (excludes halogenated alkanes) is 12. The maximum absolute atomic E-state index is 10.8. The van der Waals surface area contributed by atoms with Crippen LogP contribution in [-0.2, 0) is 11.2 Å². The Bertz CT molecular complexity index is 476. The van der Waals surface area contributed by atoms with E-state index in [0.717, 1.165) is 31.2 Å². The highest BCUT2D eigenvalue weighted by atomic mass is 16.3. The van der Waals surface area contributed by atoms with Crippen LogP contribution in [0.1, 0.15) is 102 Å². The fourth-order valence-electron chi connectivity index (χ4n) is 3.45. The quantitative estimate of drug-likeness (QED) is 0.322. The molecule has 0 saturated heterocycles. The van der Waals surface area contributed by atoms with Gasteiger partial charge in [0.25, 0.3) is 0 Å². The number of carbonyl (C=O) groups is 1. The van der Waals surface area contributed by atoms with Crippen molar-refractivity contribution in [3.05, 3.63) is 23.8 Å². The van der Waals surface area contributed by atoms with Gasteiger partial charge in [-0.25, -0.2) is 0 Å². The fraction of sp³-hybridized carbons (Fsp3) is 0.696. The van der Waals surface area contributed by atoms with E-state index < -0.39 is 0 Å². The average Bonchev–Trinajstić information content (AvgIpc) is 2.57. The van der Waals surface area contributed by atoms with E-state index in [1.165, 1.54) is 76.7 Å². The molecular formula is C23H38O3. The van der Waals surface area contributed by atoms with Gasteiger partial charge in [-0.05, 0) is 43.9 Å². The number of hydrogen-bond acceptors (Lipinski definition) is 3. The number of benzene rings is 1. The largest absolute Gasteiger partial charge is 0.508 e. The topological polar surface area (TPSA) is 57.5 Å². The molecule has 0 aliphatic carbocycles. The lowest BCUT2D eigenvalue weighted by atomic mass is 10.0. The highest BCUT2D eigenvalue weighted by molar-refractivity contribution is 5.75. The van der Waals surface area contributed by atoms with Gasteiger partial charge in [-0.15, -0.1) is 0 Å². The van der Waals surface area contributed by atoms with Gasteiger partial charge >= 0.3 is 0 Å². The summed E-state index contributed by atoms with van der Waals surface area (Å²) in [6, 6.07) is 4.85. The van der Waals surface area contributed by atoms with Crippen LogP contribution in [-0.4, -0.2) is 16.0 Å². The Morgan fingerprint density at radius 2 is 1.04 bits per heavy atom. The van der Waals surface area contributed by atoms with E-state index in [2.05, 4.69) is 0 Å². The lowest BCUT2D eigenvalue weighted by Crippen LogP contribution is -1.89.